The van der Waals surface area contributed by atoms with Crippen LogP contribution in [0.3, 0.4) is 0 Å². The first-order valence-electron chi connectivity index (χ1n) is 8.43. The monoisotopic (exact) mass is 387 g/mol. The smallest absolute Gasteiger partial charge is 0.315 e. The van der Waals surface area contributed by atoms with Crippen molar-refractivity contribution < 1.29 is 13.2 Å². The Morgan fingerprint density at radius 2 is 2.07 bits per heavy atom. The van der Waals surface area contributed by atoms with Gasteiger partial charge in [-0.25, -0.2) is 23.3 Å². The number of nitrogens with two attached hydrogens (primary N) is 1. The van der Waals surface area contributed by atoms with Crippen LogP contribution in [-0.2, 0) is 16.4 Å². The predicted octanol–water partition coefficient (Wildman–Crippen LogP) is 1.58. The van der Waals surface area contributed by atoms with Gasteiger partial charge in [-0.15, -0.1) is 0 Å². The number of benzene rings is 1. The third-order valence-electron chi connectivity index (χ3n) is 4.11. The molecule has 0 saturated heterocycles. The molecule has 142 valence electrons. The molecule has 1 atom stereocenters. The summed E-state index contributed by atoms with van der Waals surface area (Å²) in [5.41, 5.74) is 2.40. The summed E-state index contributed by atoms with van der Waals surface area (Å²) in [7, 11) is -3.78. The molecule has 27 heavy (non-hydrogen) atoms. The summed E-state index contributed by atoms with van der Waals surface area (Å²) in [5.74, 6) is 0. The zero-order valence-electron chi connectivity index (χ0n) is 14.8. The molecular formula is C18H21N5O3S. The molecule has 2 amide bonds. The fourth-order valence-electron chi connectivity index (χ4n) is 2.70. The largest absolute Gasteiger partial charge is 0.338 e. The van der Waals surface area contributed by atoms with Gasteiger partial charge in [-0.05, 0) is 36.8 Å². The molecule has 1 unspecified atom stereocenters. The van der Waals surface area contributed by atoms with E-state index in [9.17, 15) is 13.2 Å². The van der Waals surface area contributed by atoms with E-state index in [1.807, 2.05) is 35.0 Å². The number of carbonyl (C=O) groups excluding carboxylic acids is 1. The van der Waals surface area contributed by atoms with Crippen molar-refractivity contribution in [3.63, 3.8) is 0 Å². The number of primary sulfonamides is 1. The molecule has 0 bridgehead atoms. The first-order valence-corrected chi connectivity index (χ1v) is 9.97. The van der Waals surface area contributed by atoms with Gasteiger partial charge in [0.05, 0.1) is 16.6 Å². The number of sulfonamides is 1. The number of rotatable bonds is 6. The number of nitrogens with zero attached hydrogens (tertiary/aromatic N) is 2. The van der Waals surface area contributed by atoms with Crippen LogP contribution in [0.4, 0.5) is 4.79 Å². The topological polar surface area (TPSA) is 119 Å². The lowest BCUT2D eigenvalue weighted by molar-refractivity contribution is 0.238. The zero-order chi connectivity index (χ0) is 19.4. The standard InChI is InChI=1S/C18H21N5O3S/c1-13(14-5-4-6-16(11-14)27(19,25)26)21-18(24)20-9-8-15-12-23-10-3-2-7-17(23)22-15/h2-7,10-13H,8-9H2,1H3,(H2,19,25,26)(H2,20,21,24). The molecule has 0 aliphatic carbocycles. The summed E-state index contributed by atoms with van der Waals surface area (Å²) in [6.07, 6.45) is 4.45. The van der Waals surface area contributed by atoms with E-state index in [-0.39, 0.29) is 17.0 Å². The molecule has 3 rings (SSSR count). The van der Waals surface area contributed by atoms with E-state index < -0.39 is 10.0 Å². The number of nitrogens with one attached hydrogen (secondary N) is 2. The Hall–Kier alpha value is -2.91. The summed E-state index contributed by atoms with van der Waals surface area (Å²) in [5, 5.41) is 10.7. The Morgan fingerprint density at radius 1 is 1.26 bits per heavy atom. The average molecular weight is 387 g/mol. The van der Waals surface area contributed by atoms with Gasteiger partial charge in [0.15, 0.2) is 0 Å². The van der Waals surface area contributed by atoms with Gasteiger partial charge in [0.2, 0.25) is 10.0 Å². The number of hydrogen-bond acceptors (Lipinski definition) is 4. The maximum Gasteiger partial charge on any atom is 0.315 e. The molecular weight excluding hydrogens is 366 g/mol. The van der Waals surface area contributed by atoms with Gasteiger partial charge in [0, 0.05) is 25.4 Å². The van der Waals surface area contributed by atoms with Crippen LogP contribution < -0.4 is 15.8 Å². The first-order chi connectivity index (χ1) is 12.8. The van der Waals surface area contributed by atoms with Gasteiger partial charge < -0.3 is 15.0 Å². The van der Waals surface area contributed by atoms with Crippen LogP contribution in [0, 0.1) is 0 Å². The Bertz CT molecular complexity index is 1030. The highest BCUT2D eigenvalue weighted by Crippen LogP contribution is 2.16. The Kier molecular flexibility index (Phi) is 5.43. The van der Waals surface area contributed by atoms with Crippen LogP contribution in [0.25, 0.3) is 5.65 Å². The number of imidazole rings is 1. The van der Waals surface area contributed by atoms with E-state index in [4.69, 9.17) is 5.14 Å². The molecule has 0 spiro atoms. The van der Waals surface area contributed by atoms with Crippen LogP contribution in [-0.4, -0.2) is 30.4 Å². The minimum Gasteiger partial charge on any atom is -0.338 e. The van der Waals surface area contributed by atoms with E-state index in [0.717, 1.165) is 11.3 Å². The van der Waals surface area contributed by atoms with Crippen molar-refractivity contribution in [3.05, 3.63) is 66.1 Å². The summed E-state index contributed by atoms with van der Waals surface area (Å²) in [4.78, 5) is 16.6. The van der Waals surface area contributed by atoms with Crippen LogP contribution >= 0.6 is 0 Å². The summed E-state index contributed by atoms with van der Waals surface area (Å²) >= 11 is 0. The second kappa shape index (κ2) is 7.77. The molecule has 4 N–H and O–H groups in total. The van der Waals surface area contributed by atoms with Gasteiger partial charge in [-0.3, -0.25) is 0 Å². The second-order valence-electron chi connectivity index (χ2n) is 6.19. The van der Waals surface area contributed by atoms with Crippen LogP contribution in [0.1, 0.15) is 24.2 Å². The first kappa shape index (κ1) is 18.9. The third kappa shape index (κ3) is 4.83. The highest BCUT2D eigenvalue weighted by Gasteiger charge is 2.13. The number of amides is 2. The van der Waals surface area contributed by atoms with Gasteiger partial charge in [0.1, 0.15) is 5.65 Å². The zero-order valence-corrected chi connectivity index (χ0v) is 15.6. The third-order valence-corrected chi connectivity index (χ3v) is 5.03. The van der Waals surface area contributed by atoms with Gasteiger partial charge in [0.25, 0.3) is 0 Å². The normalized spacial score (nSPS) is 12.7. The summed E-state index contributed by atoms with van der Waals surface area (Å²) in [6.45, 7) is 2.20. The fraction of sp³-hybridized carbons (Fsp3) is 0.222. The van der Waals surface area contributed by atoms with Gasteiger partial charge in [-0.1, -0.05) is 18.2 Å². The summed E-state index contributed by atoms with van der Waals surface area (Å²) < 4.78 is 24.8. The molecule has 1 aromatic carbocycles. The molecule has 2 aromatic heterocycles. The van der Waals surface area contributed by atoms with Crippen molar-refractivity contribution in [2.45, 2.75) is 24.3 Å². The number of hydrogen-bond donors (Lipinski definition) is 3. The lowest BCUT2D eigenvalue weighted by atomic mass is 10.1. The lowest BCUT2D eigenvalue weighted by Gasteiger charge is -2.15. The molecule has 3 aromatic rings. The minimum atomic E-state index is -3.78. The molecule has 0 aliphatic heterocycles. The molecule has 8 nitrogen and oxygen atoms in total. The number of urea groups is 1. The average Bonchev–Trinajstić information content (AvgIpc) is 3.03. The minimum absolute atomic E-state index is 0.0147. The molecule has 0 aliphatic rings. The Labute approximate surface area is 157 Å². The maximum atomic E-state index is 12.1. The highest BCUT2D eigenvalue weighted by molar-refractivity contribution is 7.89. The van der Waals surface area contributed by atoms with Crippen molar-refractivity contribution in [2.24, 2.45) is 5.14 Å². The van der Waals surface area contributed by atoms with E-state index in [1.54, 1.807) is 19.1 Å². The highest BCUT2D eigenvalue weighted by atomic mass is 32.2. The van der Waals surface area contributed by atoms with Crippen LogP contribution in [0.15, 0.2) is 59.8 Å². The van der Waals surface area contributed by atoms with Crippen molar-refractivity contribution in [1.29, 1.82) is 0 Å². The molecule has 9 heteroatoms. The number of aromatic nitrogens is 2. The van der Waals surface area contributed by atoms with Crippen molar-refractivity contribution >= 4 is 21.7 Å². The number of fused-ring (bicyclic) bond motifs is 1. The molecule has 2 heterocycles. The Balaban J connectivity index is 1.53. The number of pyridine rings is 1. The van der Waals surface area contributed by atoms with Crippen molar-refractivity contribution in [2.75, 3.05) is 6.54 Å². The predicted molar refractivity (Wildman–Crippen MR) is 102 cm³/mol. The van der Waals surface area contributed by atoms with Crippen LogP contribution in [0.5, 0.6) is 0 Å². The second-order valence-corrected chi connectivity index (χ2v) is 7.75. The van der Waals surface area contributed by atoms with E-state index >= 15 is 0 Å². The van der Waals surface area contributed by atoms with E-state index in [0.29, 0.717) is 18.5 Å². The fourth-order valence-corrected chi connectivity index (χ4v) is 3.27. The Morgan fingerprint density at radius 3 is 2.81 bits per heavy atom. The van der Waals surface area contributed by atoms with Crippen molar-refractivity contribution in [3.8, 4) is 0 Å². The lowest BCUT2D eigenvalue weighted by Crippen LogP contribution is -2.38. The maximum absolute atomic E-state index is 12.1. The molecule has 0 saturated carbocycles. The van der Waals surface area contributed by atoms with Gasteiger partial charge in [-0.2, -0.15) is 0 Å². The quantitative estimate of drug-likeness (QED) is 0.595. The van der Waals surface area contributed by atoms with E-state index in [2.05, 4.69) is 15.6 Å². The number of carbonyl (C=O) groups is 1. The van der Waals surface area contributed by atoms with Gasteiger partial charge >= 0.3 is 6.03 Å². The molecule has 0 radical (unpaired) electrons. The summed E-state index contributed by atoms with van der Waals surface area (Å²) in [6, 6.07) is 11.2. The van der Waals surface area contributed by atoms with Crippen LogP contribution in [0.2, 0.25) is 0 Å². The van der Waals surface area contributed by atoms with Crippen molar-refractivity contribution in [1.82, 2.24) is 20.0 Å². The van der Waals surface area contributed by atoms with E-state index in [1.165, 1.54) is 12.1 Å². The SMILES string of the molecule is CC(NC(=O)NCCc1cn2ccccc2n1)c1cccc(S(N)(=O)=O)c1. The molecule has 0 fully saturated rings.